The minimum Gasteiger partial charge on any atom is -0.353 e. The van der Waals surface area contributed by atoms with Crippen LogP contribution in [0.4, 0.5) is 11.4 Å². The Kier molecular flexibility index (Phi) is 4.50. The van der Waals surface area contributed by atoms with E-state index < -0.39 is 4.92 Å². The number of halogens is 2. The van der Waals surface area contributed by atoms with Gasteiger partial charge in [0.1, 0.15) is 23.4 Å². The molecular weight excluding hydrogens is 279 g/mol. The molecule has 1 aromatic carbocycles. The lowest BCUT2D eigenvalue weighted by Crippen LogP contribution is -1.98. The van der Waals surface area contributed by atoms with Crippen molar-refractivity contribution in [2.75, 3.05) is 5.32 Å². The molecule has 0 unspecified atom stereocenters. The van der Waals surface area contributed by atoms with E-state index in [1.807, 2.05) is 0 Å². The normalized spacial score (nSPS) is 8.89. The molecule has 1 rings (SSSR count). The molecule has 0 saturated carbocycles. The molecule has 0 fully saturated rings. The summed E-state index contributed by atoms with van der Waals surface area (Å²) in [5.74, 6) is 0. The number of rotatable bonds is 3. The lowest BCUT2D eigenvalue weighted by molar-refractivity contribution is -0.383. The SMILES string of the molecule is N#CC(C#N)=CNc1c(Cl)cc(Cl)cc1[N+](=O)[O-]. The van der Waals surface area contributed by atoms with Crippen LogP contribution >= 0.6 is 23.2 Å². The average molecular weight is 283 g/mol. The first-order valence-electron chi connectivity index (χ1n) is 4.40. The fraction of sp³-hybridized carbons (Fsp3) is 0. The van der Waals surface area contributed by atoms with Crippen molar-refractivity contribution in [2.24, 2.45) is 0 Å². The number of benzene rings is 1. The second-order valence-corrected chi connectivity index (χ2v) is 3.81. The summed E-state index contributed by atoms with van der Waals surface area (Å²) in [6.07, 6.45) is 1.03. The Morgan fingerprint density at radius 1 is 1.39 bits per heavy atom. The second-order valence-electron chi connectivity index (χ2n) is 2.96. The van der Waals surface area contributed by atoms with Gasteiger partial charge in [-0.1, -0.05) is 23.2 Å². The second kappa shape index (κ2) is 5.87. The highest BCUT2D eigenvalue weighted by atomic mass is 35.5. The molecule has 0 spiro atoms. The van der Waals surface area contributed by atoms with Crippen molar-refractivity contribution in [1.82, 2.24) is 0 Å². The predicted molar refractivity (Wildman–Crippen MR) is 66.0 cm³/mol. The zero-order chi connectivity index (χ0) is 13.7. The third-order valence-electron chi connectivity index (χ3n) is 1.83. The zero-order valence-corrected chi connectivity index (χ0v) is 10.2. The molecule has 0 saturated heterocycles. The molecule has 0 aliphatic rings. The number of anilines is 1. The highest BCUT2D eigenvalue weighted by Gasteiger charge is 2.18. The zero-order valence-electron chi connectivity index (χ0n) is 8.65. The van der Waals surface area contributed by atoms with Crippen molar-refractivity contribution in [3.63, 3.8) is 0 Å². The molecule has 0 aliphatic heterocycles. The average Bonchev–Trinajstić information content (AvgIpc) is 2.31. The molecular formula is C10H4Cl2N4O2. The molecule has 0 amide bonds. The van der Waals surface area contributed by atoms with Crippen molar-refractivity contribution < 1.29 is 4.92 Å². The van der Waals surface area contributed by atoms with Crippen molar-refractivity contribution in [2.45, 2.75) is 0 Å². The van der Waals surface area contributed by atoms with Crippen LogP contribution in [0.1, 0.15) is 0 Å². The molecule has 0 bridgehead atoms. The summed E-state index contributed by atoms with van der Waals surface area (Å²) in [6, 6.07) is 5.62. The van der Waals surface area contributed by atoms with Gasteiger partial charge < -0.3 is 5.32 Å². The van der Waals surface area contributed by atoms with E-state index in [9.17, 15) is 10.1 Å². The van der Waals surface area contributed by atoms with Crippen LogP contribution in [0.2, 0.25) is 10.0 Å². The quantitative estimate of drug-likeness (QED) is 0.521. The molecule has 0 radical (unpaired) electrons. The minimum atomic E-state index is -0.674. The van der Waals surface area contributed by atoms with Gasteiger partial charge in [-0.05, 0) is 6.07 Å². The van der Waals surface area contributed by atoms with E-state index in [-0.39, 0.29) is 27.0 Å². The number of allylic oxidation sites excluding steroid dienone is 1. The number of nitrogens with zero attached hydrogens (tertiary/aromatic N) is 3. The lowest BCUT2D eigenvalue weighted by Gasteiger charge is -2.05. The summed E-state index contributed by atoms with van der Waals surface area (Å²) >= 11 is 11.4. The fourth-order valence-corrected chi connectivity index (χ4v) is 1.62. The number of nitro benzene ring substituents is 1. The highest BCUT2D eigenvalue weighted by Crippen LogP contribution is 2.35. The summed E-state index contributed by atoms with van der Waals surface area (Å²) in [4.78, 5) is 10.1. The number of nitrogens with one attached hydrogen (secondary N) is 1. The van der Waals surface area contributed by atoms with E-state index in [0.29, 0.717) is 0 Å². The van der Waals surface area contributed by atoms with Gasteiger partial charge in [0.15, 0.2) is 0 Å². The van der Waals surface area contributed by atoms with Crippen LogP contribution in [-0.2, 0) is 0 Å². The van der Waals surface area contributed by atoms with Gasteiger partial charge in [-0.2, -0.15) is 10.5 Å². The Balaban J connectivity index is 3.26. The van der Waals surface area contributed by atoms with Crippen LogP contribution in [-0.4, -0.2) is 4.92 Å². The molecule has 6 nitrogen and oxygen atoms in total. The van der Waals surface area contributed by atoms with Crippen molar-refractivity contribution in [1.29, 1.82) is 10.5 Å². The number of hydrogen-bond acceptors (Lipinski definition) is 5. The summed E-state index contributed by atoms with van der Waals surface area (Å²) in [7, 11) is 0. The van der Waals surface area contributed by atoms with E-state index in [2.05, 4.69) is 5.32 Å². The van der Waals surface area contributed by atoms with E-state index in [1.165, 1.54) is 6.07 Å². The first-order chi connectivity index (χ1) is 8.49. The molecule has 18 heavy (non-hydrogen) atoms. The smallest absolute Gasteiger partial charge is 0.295 e. The van der Waals surface area contributed by atoms with E-state index in [4.69, 9.17) is 33.7 Å². The molecule has 0 heterocycles. The van der Waals surface area contributed by atoms with Gasteiger partial charge in [0, 0.05) is 17.3 Å². The van der Waals surface area contributed by atoms with Crippen LogP contribution in [0.25, 0.3) is 0 Å². The summed E-state index contributed by atoms with van der Waals surface area (Å²) in [5.41, 5.74) is -0.622. The predicted octanol–water partition coefficient (Wildman–Crippen LogP) is 3.24. The molecule has 1 N–H and O–H groups in total. The van der Waals surface area contributed by atoms with Gasteiger partial charge in [-0.3, -0.25) is 10.1 Å². The van der Waals surface area contributed by atoms with Crippen molar-refractivity contribution in [3.8, 4) is 12.1 Å². The van der Waals surface area contributed by atoms with Gasteiger partial charge in [0.25, 0.3) is 5.69 Å². The first-order valence-corrected chi connectivity index (χ1v) is 5.15. The van der Waals surface area contributed by atoms with Crippen molar-refractivity contribution >= 4 is 34.6 Å². The highest BCUT2D eigenvalue weighted by molar-refractivity contribution is 6.37. The van der Waals surface area contributed by atoms with Crippen LogP contribution in [0.3, 0.4) is 0 Å². The topological polar surface area (TPSA) is 103 Å². The molecule has 90 valence electrons. The molecule has 0 atom stereocenters. The summed E-state index contributed by atoms with van der Waals surface area (Å²) in [5, 5.41) is 30.4. The Hall–Kier alpha value is -2.28. The van der Waals surface area contributed by atoms with Crippen molar-refractivity contribution in [3.05, 3.63) is 44.1 Å². The third kappa shape index (κ3) is 3.11. The third-order valence-corrected chi connectivity index (χ3v) is 2.35. The van der Waals surface area contributed by atoms with Gasteiger partial charge >= 0.3 is 0 Å². The molecule has 8 heteroatoms. The van der Waals surface area contributed by atoms with Crippen LogP contribution in [0.5, 0.6) is 0 Å². The van der Waals surface area contributed by atoms with Gasteiger partial charge in [-0.15, -0.1) is 0 Å². The molecule has 0 aromatic heterocycles. The standard InChI is InChI=1S/C10H4Cl2N4O2/c11-7-1-8(12)10(9(2-7)16(17)18)15-5-6(3-13)4-14/h1-2,5,15H. The maximum atomic E-state index is 10.8. The van der Waals surface area contributed by atoms with Gasteiger partial charge in [-0.25, -0.2) is 0 Å². The Morgan fingerprint density at radius 2 is 2.00 bits per heavy atom. The summed E-state index contributed by atoms with van der Waals surface area (Å²) < 4.78 is 0. The Bertz CT molecular complexity index is 598. The molecule has 0 aliphatic carbocycles. The van der Waals surface area contributed by atoms with E-state index in [0.717, 1.165) is 12.3 Å². The first kappa shape index (κ1) is 13.8. The fourth-order valence-electron chi connectivity index (χ4n) is 1.08. The van der Waals surface area contributed by atoms with Crippen LogP contribution < -0.4 is 5.32 Å². The van der Waals surface area contributed by atoms with Crippen LogP contribution in [0.15, 0.2) is 23.9 Å². The Labute approximate surface area is 112 Å². The monoisotopic (exact) mass is 282 g/mol. The maximum Gasteiger partial charge on any atom is 0.295 e. The maximum absolute atomic E-state index is 10.8. The number of nitro groups is 1. The summed E-state index contributed by atoms with van der Waals surface area (Å²) in [6.45, 7) is 0. The largest absolute Gasteiger partial charge is 0.353 e. The number of hydrogen-bond donors (Lipinski definition) is 1. The lowest BCUT2D eigenvalue weighted by atomic mass is 10.2. The van der Waals surface area contributed by atoms with Gasteiger partial charge in [0.05, 0.1) is 9.95 Å². The van der Waals surface area contributed by atoms with Gasteiger partial charge in [0.2, 0.25) is 0 Å². The number of nitriles is 2. The van der Waals surface area contributed by atoms with Crippen LogP contribution in [0, 0.1) is 32.8 Å². The molecule has 1 aromatic rings. The van der Waals surface area contributed by atoms with E-state index in [1.54, 1.807) is 12.1 Å². The Morgan fingerprint density at radius 3 is 2.50 bits per heavy atom. The van der Waals surface area contributed by atoms with E-state index >= 15 is 0 Å². The minimum absolute atomic E-state index is 0.0145.